The van der Waals surface area contributed by atoms with Crippen molar-refractivity contribution in [2.24, 2.45) is 0 Å². The van der Waals surface area contributed by atoms with Gasteiger partial charge >= 0.3 is 11.9 Å². The molecule has 0 spiro atoms. The van der Waals surface area contributed by atoms with Crippen LogP contribution in [0, 0.1) is 0 Å². The Balaban J connectivity index is 1.99. The predicted molar refractivity (Wildman–Crippen MR) is 101 cm³/mol. The summed E-state index contributed by atoms with van der Waals surface area (Å²) in [6, 6.07) is 14.3. The van der Waals surface area contributed by atoms with Gasteiger partial charge in [-0.2, -0.15) is 0 Å². The lowest BCUT2D eigenvalue weighted by molar-refractivity contribution is -0.131. The van der Waals surface area contributed by atoms with E-state index < -0.39 is 11.9 Å². The molecule has 0 heterocycles. The van der Waals surface area contributed by atoms with Crippen LogP contribution in [-0.4, -0.2) is 11.9 Å². The van der Waals surface area contributed by atoms with Crippen molar-refractivity contribution in [2.45, 2.75) is 12.8 Å². The van der Waals surface area contributed by atoms with Gasteiger partial charge in [0.25, 0.3) is 0 Å². The van der Waals surface area contributed by atoms with E-state index in [9.17, 15) is 9.59 Å². The standard InChI is InChI=1S/C22H20O4/c1-3-9-17-11-5-7-13-19(17)25-21(23)15-16-22(24)26-20-14-8-6-12-18(20)10-4-2/h3-8,11-16H,1-2,9-10H2/b16-15-. The summed E-state index contributed by atoms with van der Waals surface area (Å²) >= 11 is 0. The Morgan fingerprint density at radius 3 is 1.50 bits per heavy atom. The van der Waals surface area contributed by atoms with Gasteiger partial charge < -0.3 is 9.47 Å². The molecule has 2 aromatic carbocycles. The third-order valence-electron chi connectivity index (χ3n) is 3.45. The zero-order chi connectivity index (χ0) is 18.8. The Morgan fingerprint density at radius 2 is 1.12 bits per heavy atom. The predicted octanol–water partition coefficient (Wildman–Crippen LogP) is 4.21. The average Bonchev–Trinajstić information content (AvgIpc) is 2.64. The maximum absolute atomic E-state index is 11.9. The summed E-state index contributed by atoms with van der Waals surface area (Å²) in [5, 5.41) is 0. The number of hydrogen-bond donors (Lipinski definition) is 0. The molecule has 0 bridgehead atoms. The minimum Gasteiger partial charge on any atom is -0.423 e. The third-order valence-corrected chi connectivity index (χ3v) is 3.45. The van der Waals surface area contributed by atoms with Crippen molar-refractivity contribution >= 4 is 11.9 Å². The first kappa shape index (κ1) is 18.9. The quantitative estimate of drug-likeness (QED) is 0.310. The summed E-state index contributed by atoms with van der Waals surface area (Å²) in [6.07, 6.45) is 6.69. The summed E-state index contributed by atoms with van der Waals surface area (Å²) in [4.78, 5) is 23.9. The van der Waals surface area contributed by atoms with E-state index in [-0.39, 0.29) is 0 Å². The molecular formula is C22H20O4. The molecule has 0 atom stereocenters. The Labute approximate surface area is 153 Å². The molecule has 0 unspecified atom stereocenters. The van der Waals surface area contributed by atoms with Crippen molar-refractivity contribution in [2.75, 3.05) is 0 Å². The number of allylic oxidation sites excluding steroid dienone is 2. The number of carbonyl (C=O) groups is 2. The molecule has 4 heteroatoms. The number of hydrogen-bond acceptors (Lipinski definition) is 4. The van der Waals surface area contributed by atoms with Gasteiger partial charge in [0.1, 0.15) is 11.5 Å². The van der Waals surface area contributed by atoms with Gasteiger partial charge in [0.15, 0.2) is 0 Å². The maximum Gasteiger partial charge on any atom is 0.336 e. The number of rotatable bonds is 8. The molecular weight excluding hydrogens is 328 g/mol. The molecule has 26 heavy (non-hydrogen) atoms. The van der Waals surface area contributed by atoms with E-state index in [1.807, 2.05) is 24.3 Å². The topological polar surface area (TPSA) is 52.6 Å². The second-order valence-corrected chi connectivity index (χ2v) is 5.38. The van der Waals surface area contributed by atoms with Crippen LogP contribution in [0.25, 0.3) is 0 Å². The Morgan fingerprint density at radius 1 is 0.731 bits per heavy atom. The highest BCUT2D eigenvalue weighted by Crippen LogP contribution is 2.20. The zero-order valence-corrected chi connectivity index (χ0v) is 14.4. The van der Waals surface area contributed by atoms with E-state index in [2.05, 4.69) is 13.2 Å². The number of esters is 2. The van der Waals surface area contributed by atoms with Gasteiger partial charge in [0, 0.05) is 12.2 Å². The lowest BCUT2D eigenvalue weighted by atomic mass is 10.1. The maximum atomic E-state index is 11.9. The molecule has 0 aliphatic heterocycles. The first-order valence-corrected chi connectivity index (χ1v) is 8.13. The SMILES string of the molecule is C=CCc1ccccc1OC(=O)/C=C\C(=O)Oc1ccccc1CC=C. The molecule has 4 nitrogen and oxygen atoms in total. The van der Waals surface area contributed by atoms with E-state index in [4.69, 9.17) is 9.47 Å². The van der Waals surface area contributed by atoms with Gasteiger partial charge in [-0.15, -0.1) is 13.2 Å². The number of para-hydroxylation sites is 2. The van der Waals surface area contributed by atoms with E-state index in [0.29, 0.717) is 24.3 Å². The molecule has 0 fully saturated rings. The van der Waals surface area contributed by atoms with Crippen LogP contribution in [0.2, 0.25) is 0 Å². The van der Waals surface area contributed by atoms with Crippen LogP contribution in [0.1, 0.15) is 11.1 Å². The first-order chi connectivity index (χ1) is 12.6. The molecule has 0 aromatic heterocycles. The highest BCUT2D eigenvalue weighted by molar-refractivity contribution is 5.93. The fourth-order valence-electron chi connectivity index (χ4n) is 2.28. The number of benzene rings is 2. The zero-order valence-electron chi connectivity index (χ0n) is 14.4. The second-order valence-electron chi connectivity index (χ2n) is 5.38. The summed E-state index contributed by atoms with van der Waals surface area (Å²) in [5.74, 6) is -0.436. The van der Waals surface area contributed by atoms with Gasteiger partial charge in [-0.3, -0.25) is 0 Å². The van der Waals surface area contributed by atoms with Crippen LogP contribution in [0.4, 0.5) is 0 Å². The highest BCUT2D eigenvalue weighted by Gasteiger charge is 2.08. The van der Waals surface area contributed by atoms with Crippen molar-refractivity contribution in [3.8, 4) is 11.5 Å². The van der Waals surface area contributed by atoms with Crippen molar-refractivity contribution in [1.82, 2.24) is 0 Å². The Kier molecular flexibility index (Phi) is 7.13. The number of ether oxygens (including phenoxy) is 2. The normalized spacial score (nSPS) is 10.3. The summed E-state index contributed by atoms with van der Waals surface area (Å²) in [5.41, 5.74) is 1.68. The average molecular weight is 348 g/mol. The van der Waals surface area contributed by atoms with E-state index in [0.717, 1.165) is 23.3 Å². The summed E-state index contributed by atoms with van der Waals surface area (Å²) < 4.78 is 10.5. The van der Waals surface area contributed by atoms with Gasteiger partial charge in [-0.05, 0) is 36.1 Å². The monoisotopic (exact) mass is 348 g/mol. The molecule has 0 amide bonds. The van der Waals surface area contributed by atoms with E-state index >= 15 is 0 Å². The largest absolute Gasteiger partial charge is 0.423 e. The fraction of sp³-hybridized carbons (Fsp3) is 0.0909. The van der Waals surface area contributed by atoms with Crippen LogP contribution in [-0.2, 0) is 22.4 Å². The first-order valence-electron chi connectivity index (χ1n) is 8.13. The molecule has 0 radical (unpaired) electrons. The lowest BCUT2D eigenvalue weighted by Crippen LogP contribution is -2.09. The lowest BCUT2D eigenvalue weighted by Gasteiger charge is -2.07. The van der Waals surface area contributed by atoms with Crippen molar-refractivity contribution in [3.63, 3.8) is 0 Å². The molecule has 0 aliphatic carbocycles. The van der Waals surface area contributed by atoms with E-state index in [1.54, 1.807) is 36.4 Å². The minimum absolute atomic E-state index is 0.437. The minimum atomic E-state index is -0.655. The third kappa shape index (κ3) is 5.60. The molecule has 0 saturated carbocycles. The Hall–Kier alpha value is -3.40. The number of carbonyl (C=O) groups excluding carboxylic acids is 2. The molecule has 0 saturated heterocycles. The highest BCUT2D eigenvalue weighted by atomic mass is 16.5. The van der Waals surface area contributed by atoms with Crippen molar-refractivity contribution in [1.29, 1.82) is 0 Å². The van der Waals surface area contributed by atoms with Crippen LogP contribution in [0.15, 0.2) is 86.0 Å². The molecule has 2 rings (SSSR count). The fourth-order valence-corrected chi connectivity index (χ4v) is 2.28. The van der Waals surface area contributed by atoms with Crippen molar-refractivity contribution < 1.29 is 19.1 Å². The molecule has 0 N–H and O–H groups in total. The summed E-state index contributed by atoms with van der Waals surface area (Å²) in [7, 11) is 0. The van der Waals surface area contributed by atoms with Gasteiger partial charge in [0.05, 0.1) is 0 Å². The molecule has 0 aliphatic rings. The summed E-state index contributed by atoms with van der Waals surface area (Å²) in [6.45, 7) is 7.35. The van der Waals surface area contributed by atoms with Crippen LogP contribution >= 0.6 is 0 Å². The molecule has 132 valence electrons. The van der Waals surface area contributed by atoms with Crippen LogP contribution < -0.4 is 9.47 Å². The smallest absolute Gasteiger partial charge is 0.336 e. The van der Waals surface area contributed by atoms with Crippen LogP contribution in [0.3, 0.4) is 0 Å². The van der Waals surface area contributed by atoms with E-state index in [1.165, 1.54) is 0 Å². The Bertz CT molecular complexity index is 764. The van der Waals surface area contributed by atoms with Crippen LogP contribution in [0.5, 0.6) is 11.5 Å². The van der Waals surface area contributed by atoms with Crippen molar-refractivity contribution in [3.05, 3.63) is 97.1 Å². The van der Waals surface area contributed by atoms with Gasteiger partial charge in [0.2, 0.25) is 0 Å². The van der Waals surface area contributed by atoms with Gasteiger partial charge in [-0.25, -0.2) is 9.59 Å². The molecule has 2 aromatic rings. The van der Waals surface area contributed by atoms with Gasteiger partial charge in [-0.1, -0.05) is 48.6 Å². The second kappa shape index (κ2) is 9.79.